The van der Waals surface area contributed by atoms with Crippen molar-refractivity contribution in [1.29, 1.82) is 0 Å². The van der Waals surface area contributed by atoms with E-state index in [2.05, 4.69) is 11.6 Å². The number of hydrogen-bond acceptors (Lipinski definition) is 3. The van der Waals surface area contributed by atoms with Gasteiger partial charge in [-0.15, -0.1) is 0 Å². The highest BCUT2D eigenvalue weighted by Crippen LogP contribution is 2.27. The van der Waals surface area contributed by atoms with Gasteiger partial charge in [-0.25, -0.2) is 0 Å². The third kappa shape index (κ3) is 4.50. The monoisotopic (exact) mass is 277 g/mol. The molecule has 1 rings (SSSR count). The number of nitrogens with two attached hydrogens (primary N) is 1. The molecule has 0 aromatic heterocycles. The summed E-state index contributed by atoms with van der Waals surface area (Å²) in [5.41, 5.74) is 5.41. The Morgan fingerprint density at radius 2 is 2.00 bits per heavy atom. The molecule has 0 heterocycles. The average Bonchev–Trinajstić information content (AvgIpc) is 2.36. The topological polar surface area (TPSA) is 75.4 Å². The van der Waals surface area contributed by atoms with Crippen molar-refractivity contribution < 1.29 is 8.42 Å². The first kappa shape index (κ1) is 15.9. The Morgan fingerprint density at radius 3 is 2.61 bits per heavy atom. The SMILES string of the molecule is CCC1CCCCC1NS(=O)(=O)N(C)CCCN. The highest BCUT2D eigenvalue weighted by atomic mass is 32.2. The van der Waals surface area contributed by atoms with E-state index in [9.17, 15) is 8.42 Å². The maximum absolute atomic E-state index is 12.1. The second-order valence-electron chi connectivity index (χ2n) is 5.15. The minimum Gasteiger partial charge on any atom is -0.330 e. The van der Waals surface area contributed by atoms with Crippen LogP contribution >= 0.6 is 0 Å². The van der Waals surface area contributed by atoms with Gasteiger partial charge < -0.3 is 5.73 Å². The number of nitrogens with zero attached hydrogens (tertiary/aromatic N) is 1. The van der Waals surface area contributed by atoms with Gasteiger partial charge >= 0.3 is 0 Å². The van der Waals surface area contributed by atoms with Crippen molar-refractivity contribution in [2.75, 3.05) is 20.1 Å². The van der Waals surface area contributed by atoms with Crippen LogP contribution in [0.2, 0.25) is 0 Å². The molecule has 0 radical (unpaired) electrons. The first-order valence-electron chi connectivity index (χ1n) is 6.95. The zero-order valence-electron chi connectivity index (χ0n) is 11.6. The third-order valence-corrected chi connectivity index (χ3v) is 5.43. The predicted octanol–water partition coefficient (Wildman–Crippen LogP) is 1.07. The lowest BCUT2D eigenvalue weighted by Gasteiger charge is -2.32. The Hall–Kier alpha value is -0.170. The van der Waals surface area contributed by atoms with Crippen LogP contribution < -0.4 is 10.5 Å². The minimum absolute atomic E-state index is 0.106. The van der Waals surface area contributed by atoms with E-state index in [1.54, 1.807) is 7.05 Å². The Morgan fingerprint density at radius 1 is 1.33 bits per heavy atom. The molecule has 108 valence electrons. The second-order valence-corrected chi connectivity index (χ2v) is 6.96. The average molecular weight is 277 g/mol. The molecule has 18 heavy (non-hydrogen) atoms. The van der Waals surface area contributed by atoms with Gasteiger partial charge in [0, 0.05) is 19.6 Å². The van der Waals surface area contributed by atoms with Crippen LogP contribution in [0.1, 0.15) is 45.4 Å². The normalized spacial score (nSPS) is 25.6. The van der Waals surface area contributed by atoms with Gasteiger partial charge in [-0.05, 0) is 31.7 Å². The van der Waals surface area contributed by atoms with Crippen molar-refractivity contribution in [3.63, 3.8) is 0 Å². The molecule has 0 spiro atoms. The summed E-state index contributed by atoms with van der Waals surface area (Å²) in [5, 5.41) is 0. The molecule has 3 N–H and O–H groups in total. The fraction of sp³-hybridized carbons (Fsp3) is 1.00. The van der Waals surface area contributed by atoms with Gasteiger partial charge in [0.25, 0.3) is 10.2 Å². The van der Waals surface area contributed by atoms with Crippen LogP contribution in [0.4, 0.5) is 0 Å². The lowest BCUT2D eigenvalue weighted by molar-refractivity contribution is 0.277. The lowest BCUT2D eigenvalue weighted by atomic mass is 9.83. The standard InChI is InChI=1S/C12H27N3O2S/c1-3-11-7-4-5-8-12(11)14-18(16,17)15(2)10-6-9-13/h11-12,14H,3-10,13H2,1-2H3. The van der Waals surface area contributed by atoms with Crippen LogP contribution in [0.5, 0.6) is 0 Å². The first-order chi connectivity index (χ1) is 8.51. The summed E-state index contributed by atoms with van der Waals surface area (Å²) in [4.78, 5) is 0. The Labute approximate surface area is 111 Å². The molecule has 0 saturated heterocycles. The van der Waals surface area contributed by atoms with Crippen molar-refractivity contribution in [2.24, 2.45) is 11.7 Å². The van der Waals surface area contributed by atoms with Gasteiger partial charge in [-0.2, -0.15) is 17.4 Å². The van der Waals surface area contributed by atoms with Gasteiger partial charge in [0.2, 0.25) is 0 Å². The van der Waals surface area contributed by atoms with E-state index in [0.717, 1.165) is 25.7 Å². The lowest BCUT2D eigenvalue weighted by Crippen LogP contribution is -2.48. The number of rotatable bonds is 7. The highest BCUT2D eigenvalue weighted by Gasteiger charge is 2.29. The van der Waals surface area contributed by atoms with Crippen LogP contribution in [-0.4, -0.2) is 38.9 Å². The van der Waals surface area contributed by atoms with Gasteiger partial charge in [0.1, 0.15) is 0 Å². The minimum atomic E-state index is -3.35. The Kier molecular flexibility index (Phi) is 6.55. The molecule has 1 aliphatic carbocycles. The van der Waals surface area contributed by atoms with E-state index in [0.29, 0.717) is 25.4 Å². The maximum Gasteiger partial charge on any atom is 0.279 e. The van der Waals surface area contributed by atoms with Gasteiger partial charge in [-0.1, -0.05) is 26.2 Å². The Bertz CT molecular complexity index is 332. The molecule has 1 saturated carbocycles. The summed E-state index contributed by atoms with van der Waals surface area (Å²) in [6.45, 7) is 3.13. The zero-order chi connectivity index (χ0) is 13.6. The van der Waals surface area contributed by atoms with Crippen molar-refractivity contribution in [1.82, 2.24) is 9.03 Å². The molecular formula is C12H27N3O2S. The van der Waals surface area contributed by atoms with E-state index >= 15 is 0 Å². The van der Waals surface area contributed by atoms with Crippen molar-refractivity contribution in [3.05, 3.63) is 0 Å². The predicted molar refractivity (Wildman–Crippen MR) is 74.4 cm³/mol. The zero-order valence-corrected chi connectivity index (χ0v) is 12.4. The number of nitrogens with one attached hydrogen (secondary N) is 1. The fourth-order valence-electron chi connectivity index (χ4n) is 2.57. The van der Waals surface area contributed by atoms with Crippen molar-refractivity contribution in [2.45, 2.75) is 51.5 Å². The molecule has 0 aromatic carbocycles. The van der Waals surface area contributed by atoms with E-state index in [4.69, 9.17) is 5.73 Å². The second kappa shape index (κ2) is 7.43. The molecule has 6 heteroatoms. The molecular weight excluding hydrogens is 250 g/mol. The van der Waals surface area contributed by atoms with Crippen molar-refractivity contribution in [3.8, 4) is 0 Å². The van der Waals surface area contributed by atoms with E-state index in [1.165, 1.54) is 10.7 Å². The summed E-state index contributed by atoms with van der Waals surface area (Å²) < 4.78 is 28.5. The fourth-order valence-corrected chi connectivity index (χ4v) is 3.81. The molecule has 0 aliphatic heterocycles. The summed E-state index contributed by atoms with van der Waals surface area (Å²) in [5.74, 6) is 0.483. The molecule has 0 amide bonds. The van der Waals surface area contributed by atoms with E-state index < -0.39 is 10.2 Å². The molecule has 0 bridgehead atoms. The smallest absolute Gasteiger partial charge is 0.279 e. The summed E-state index contributed by atoms with van der Waals surface area (Å²) in [7, 11) is -1.73. The van der Waals surface area contributed by atoms with E-state index in [1.807, 2.05) is 0 Å². The van der Waals surface area contributed by atoms with Crippen LogP contribution in [0, 0.1) is 5.92 Å². The molecule has 1 aliphatic rings. The molecule has 2 atom stereocenters. The number of hydrogen-bond donors (Lipinski definition) is 2. The highest BCUT2D eigenvalue weighted by molar-refractivity contribution is 7.87. The van der Waals surface area contributed by atoms with Gasteiger partial charge in [0.15, 0.2) is 0 Å². The van der Waals surface area contributed by atoms with Crippen molar-refractivity contribution >= 4 is 10.2 Å². The largest absolute Gasteiger partial charge is 0.330 e. The summed E-state index contributed by atoms with van der Waals surface area (Å²) in [6, 6.07) is 0.106. The summed E-state index contributed by atoms with van der Waals surface area (Å²) in [6.07, 6.45) is 6.17. The van der Waals surface area contributed by atoms with Crippen LogP contribution in [0.3, 0.4) is 0 Å². The van der Waals surface area contributed by atoms with Gasteiger partial charge in [-0.3, -0.25) is 0 Å². The van der Waals surface area contributed by atoms with E-state index in [-0.39, 0.29) is 6.04 Å². The first-order valence-corrected chi connectivity index (χ1v) is 8.39. The quantitative estimate of drug-likeness (QED) is 0.731. The third-order valence-electron chi connectivity index (χ3n) is 3.82. The molecule has 1 fully saturated rings. The maximum atomic E-state index is 12.1. The van der Waals surface area contributed by atoms with Crippen LogP contribution in [0.15, 0.2) is 0 Å². The molecule has 2 unspecified atom stereocenters. The molecule has 5 nitrogen and oxygen atoms in total. The van der Waals surface area contributed by atoms with Crippen LogP contribution in [-0.2, 0) is 10.2 Å². The van der Waals surface area contributed by atoms with Crippen LogP contribution in [0.25, 0.3) is 0 Å². The Balaban J connectivity index is 2.57. The van der Waals surface area contributed by atoms with Gasteiger partial charge in [0.05, 0.1) is 0 Å². The molecule has 0 aromatic rings. The summed E-state index contributed by atoms with van der Waals surface area (Å²) >= 11 is 0.